The van der Waals surface area contributed by atoms with Gasteiger partial charge in [-0.2, -0.15) is 0 Å². The molecule has 0 radical (unpaired) electrons. The molecule has 1 fully saturated rings. The fourth-order valence-electron chi connectivity index (χ4n) is 3.05. The molecular formula is C22H24O5. The molecule has 0 saturated carbocycles. The number of ketones is 1. The summed E-state index contributed by atoms with van der Waals surface area (Å²) in [6.07, 6.45) is -1.38. The van der Waals surface area contributed by atoms with Crippen LogP contribution in [0.25, 0.3) is 0 Å². The lowest BCUT2D eigenvalue weighted by atomic mass is 10.1. The van der Waals surface area contributed by atoms with Crippen LogP contribution in [0.1, 0.15) is 11.1 Å². The first-order valence-corrected chi connectivity index (χ1v) is 8.88. The van der Waals surface area contributed by atoms with Crippen molar-refractivity contribution in [3.8, 4) is 0 Å². The van der Waals surface area contributed by atoms with Crippen molar-refractivity contribution < 1.29 is 23.7 Å². The van der Waals surface area contributed by atoms with Gasteiger partial charge in [-0.05, 0) is 17.2 Å². The largest absolute Gasteiger partial charge is 0.367 e. The van der Waals surface area contributed by atoms with Crippen LogP contribution >= 0.6 is 0 Å². The Kier molecular flexibility index (Phi) is 6.90. The van der Waals surface area contributed by atoms with E-state index < -0.39 is 24.6 Å². The summed E-state index contributed by atoms with van der Waals surface area (Å²) < 4.78 is 23.3. The van der Waals surface area contributed by atoms with Gasteiger partial charge in [-0.3, -0.25) is 4.79 Å². The van der Waals surface area contributed by atoms with Crippen LogP contribution < -0.4 is 0 Å². The highest BCUT2D eigenvalue weighted by Gasteiger charge is 2.49. The minimum absolute atomic E-state index is 0.249. The molecule has 0 N–H and O–H groups in total. The molecule has 5 nitrogen and oxygen atoms in total. The van der Waals surface area contributed by atoms with Crippen LogP contribution in [0.3, 0.4) is 0 Å². The molecule has 2 aromatic carbocycles. The normalized spacial score (nSPS) is 24.6. The molecule has 1 aliphatic rings. The Morgan fingerprint density at radius 2 is 1.48 bits per heavy atom. The topological polar surface area (TPSA) is 54.0 Å². The molecule has 142 valence electrons. The van der Waals surface area contributed by atoms with E-state index in [0.717, 1.165) is 11.1 Å². The van der Waals surface area contributed by atoms with Crippen molar-refractivity contribution in [2.24, 2.45) is 0 Å². The molecule has 1 aliphatic heterocycles. The second-order valence-corrected chi connectivity index (χ2v) is 6.29. The number of rotatable bonds is 9. The minimum Gasteiger partial charge on any atom is -0.367 e. The van der Waals surface area contributed by atoms with Crippen molar-refractivity contribution in [1.29, 1.82) is 0 Å². The van der Waals surface area contributed by atoms with Gasteiger partial charge in [-0.25, -0.2) is 0 Å². The molecule has 1 saturated heterocycles. The molecule has 3 rings (SSSR count). The van der Waals surface area contributed by atoms with Crippen molar-refractivity contribution in [3.63, 3.8) is 0 Å². The first kappa shape index (κ1) is 19.5. The van der Waals surface area contributed by atoms with Crippen LogP contribution in [-0.4, -0.2) is 37.5 Å². The smallest absolute Gasteiger partial charge is 0.187 e. The second-order valence-electron chi connectivity index (χ2n) is 6.29. The van der Waals surface area contributed by atoms with Gasteiger partial charge in [-0.1, -0.05) is 67.2 Å². The van der Waals surface area contributed by atoms with Gasteiger partial charge in [0, 0.05) is 7.11 Å². The lowest BCUT2D eigenvalue weighted by molar-refractivity contribution is -0.169. The Hall–Kier alpha value is -2.31. The Morgan fingerprint density at radius 3 is 1.96 bits per heavy atom. The highest BCUT2D eigenvalue weighted by Crippen LogP contribution is 2.29. The van der Waals surface area contributed by atoms with E-state index in [1.54, 1.807) is 0 Å². The number of hydrogen-bond donors (Lipinski definition) is 0. The third-order valence-corrected chi connectivity index (χ3v) is 4.46. The van der Waals surface area contributed by atoms with Crippen LogP contribution in [0.4, 0.5) is 0 Å². The Labute approximate surface area is 159 Å². The summed E-state index contributed by atoms with van der Waals surface area (Å²) in [6.45, 7) is 4.28. The molecule has 5 heteroatoms. The SMILES string of the molecule is C=CC(=O)[C@H]1O[C@@H](OC)[C@H](OCc2ccccc2)[C@@H]1OCc1ccccc1. The number of hydrogen-bond acceptors (Lipinski definition) is 5. The summed E-state index contributed by atoms with van der Waals surface area (Å²) in [5.41, 5.74) is 2.03. The first-order valence-electron chi connectivity index (χ1n) is 8.88. The van der Waals surface area contributed by atoms with E-state index in [4.69, 9.17) is 18.9 Å². The monoisotopic (exact) mass is 368 g/mol. The van der Waals surface area contributed by atoms with Gasteiger partial charge in [0.15, 0.2) is 18.2 Å². The molecule has 0 amide bonds. The van der Waals surface area contributed by atoms with E-state index in [1.165, 1.54) is 13.2 Å². The van der Waals surface area contributed by atoms with E-state index in [-0.39, 0.29) is 5.78 Å². The lowest BCUT2D eigenvalue weighted by Crippen LogP contribution is -2.40. The maximum Gasteiger partial charge on any atom is 0.187 e. The Morgan fingerprint density at radius 1 is 0.963 bits per heavy atom. The average Bonchev–Trinajstić information content (AvgIpc) is 3.09. The Bertz CT molecular complexity index is 731. The zero-order valence-electron chi connectivity index (χ0n) is 15.3. The Balaban J connectivity index is 1.74. The molecule has 0 aliphatic carbocycles. The molecule has 0 aromatic heterocycles. The third-order valence-electron chi connectivity index (χ3n) is 4.46. The number of ether oxygens (including phenoxy) is 4. The lowest BCUT2D eigenvalue weighted by Gasteiger charge is -2.24. The highest BCUT2D eigenvalue weighted by molar-refractivity contribution is 5.93. The van der Waals surface area contributed by atoms with Crippen LogP contribution in [0.15, 0.2) is 73.3 Å². The molecule has 1 heterocycles. The number of carbonyl (C=O) groups excluding carboxylic acids is 1. The highest BCUT2D eigenvalue weighted by atomic mass is 16.7. The van der Waals surface area contributed by atoms with Crippen LogP contribution in [0.5, 0.6) is 0 Å². The predicted molar refractivity (Wildman–Crippen MR) is 101 cm³/mol. The average molecular weight is 368 g/mol. The summed E-state index contributed by atoms with van der Waals surface area (Å²) >= 11 is 0. The number of benzene rings is 2. The van der Waals surface area contributed by atoms with Gasteiger partial charge < -0.3 is 18.9 Å². The molecular weight excluding hydrogens is 344 g/mol. The quantitative estimate of drug-likeness (QED) is 0.636. The summed E-state index contributed by atoms with van der Waals surface area (Å²) in [7, 11) is 1.53. The van der Waals surface area contributed by atoms with Crippen molar-refractivity contribution in [2.75, 3.05) is 7.11 Å². The van der Waals surface area contributed by atoms with E-state index in [0.29, 0.717) is 13.2 Å². The van der Waals surface area contributed by atoms with E-state index in [1.807, 2.05) is 60.7 Å². The van der Waals surface area contributed by atoms with Gasteiger partial charge in [0.2, 0.25) is 0 Å². The van der Waals surface area contributed by atoms with E-state index in [9.17, 15) is 4.79 Å². The molecule has 4 atom stereocenters. The number of methoxy groups -OCH3 is 1. The van der Waals surface area contributed by atoms with Gasteiger partial charge >= 0.3 is 0 Å². The van der Waals surface area contributed by atoms with Gasteiger partial charge in [0.1, 0.15) is 12.2 Å². The molecule has 0 spiro atoms. The zero-order chi connectivity index (χ0) is 19.1. The molecule has 0 unspecified atom stereocenters. The van der Waals surface area contributed by atoms with Gasteiger partial charge in [-0.15, -0.1) is 0 Å². The zero-order valence-corrected chi connectivity index (χ0v) is 15.3. The maximum atomic E-state index is 12.3. The summed E-state index contributed by atoms with van der Waals surface area (Å²) in [4.78, 5) is 12.3. The van der Waals surface area contributed by atoms with Gasteiger partial charge in [0.25, 0.3) is 0 Å². The van der Waals surface area contributed by atoms with Gasteiger partial charge in [0.05, 0.1) is 13.2 Å². The van der Waals surface area contributed by atoms with E-state index in [2.05, 4.69) is 6.58 Å². The van der Waals surface area contributed by atoms with Crippen LogP contribution in [0, 0.1) is 0 Å². The van der Waals surface area contributed by atoms with Crippen molar-refractivity contribution in [1.82, 2.24) is 0 Å². The number of carbonyl (C=O) groups is 1. The predicted octanol–water partition coefficient (Wildman–Crippen LogP) is 3.28. The summed E-state index contributed by atoms with van der Waals surface area (Å²) in [5.74, 6) is -0.249. The molecule has 0 bridgehead atoms. The third kappa shape index (κ3) is 4.90. The van der Waals surface area contributed by atoms with Crippen molar-refractivity contribution in [3.05, 3.63) is 84.4 Å². The summed E-state index contributed by atoms with van der Waals surface area (Å²) in [5, 5.41) is 0. The fourth-order valence-corrected chi connectivity index (χ4v) is 3.05. The minimum atomic E-state index is -0.808. The fraction of sp³-hybridized carbons (Fsp3) is 0.318. The standard InChI is InChI=1S/C22H24O5/c1-3-18(23)19-20(25-14-16-10-6-4-7-11-16)21(22(24-2)27-19)26-15-17-12-8-5-9-13-17/h3-13,19-22H,1,14-15H2,2H3/t19-,20-,21-,22-/m1/s1. The first-order chi connectivity index (χ1) is 13.2. The van der Waals surface area contributed by atoms with Crippen LogP contribution in [0.2, 0.25) is 0 Å². The molecule has 2 aromatic rings. The second kappa shape index (κ2) is 9.58. The van der Waals surface area contributed by atoms with Crippen molar-refractivity contribution in [2.45, 2.75) is 37.8 Å². The molecule has 27 heavy (non-hydrogen) atoms. The van der Waals surface area contributed by atoms with Crippen LogP contribution in [-0.2, 0) is 37.0 Å². The maximum absolute atomic E-state index is 12.3. The summed E-state index contributed by atoms with van der Waals surface area (Å²) in [6, 6.07) is 19.6. The van der Waals surface area contributed by atoms with Crippen molar-refractivity contribution >= 4 is 5.78 Å². The van der Waals surface area contributed by atoms with E-state index >= 15 is 0 Å².